The van der Waals surface area contributed by atoms with Crippen LogP contribution in [0.4, 0.5) is 13.2 Å². The average Bonchev–Trinajstić information content (AvgIpc) is 3.02. The third-order valence-corrected chi connectivity index (χ3v) is 4.29. The lowest BCUT2D eigenvalue weighted by molar-refractivity contribution is -0.141. The van der Waals surface area contributed by atoms with Crippen LogP contribution in [0.15, 0.2) is 18.2 Å². The summed E-state index contributed by atoms with van der Waals surface area (Å²) in [5.41, 5.74) is 0.418. The molecule has 0 aliphatic heterocycles. The molecule has 0 saturated carbocycles. The van der Waals surface area contributed by atoms with Gasteiger partial charge in [0.05, 0.1) is 27.0 Å². The molecule has 1 aromatic heterocycles. The normalized spacial score (nSPS) is 12.7. The highest BCUT2D eigenvalue weighted by atomic mass is 19.4. The minimum atomic E-state index is -4.46. The molecule has 150 valence electrons. The van der Waals surface area contributed by atoms with Crippen LogP contribution < -0.4 is 19.5 Å². The van der Waals surface area contributed by atoms with Gasteiger partial charge in [0.15, 0.2) is 17.2 Å². The fourth-order valence-electron chi connectivity index (χ4n) is 2.84. The molecule has 0 amide bonds. The Kier molecular flexibility index (Phi) is 6.59. The number of benzene rings is 1. The quantitative estimate of drug-likeness (QED) is 0.748. The first-order valence-electron chi connectivity index (χ1n) is 8.38. The first kappa shape index (κ1) is 20.9. The molecule has 2 aromatic rings. The molecule has 1 unspecified atom stereocenters. The summed E-state index contributed by atoms with van der Waals surface area (Å²) in [6, 6.07) is 4.58. The van der Waals surface area contributed by atoms with Gasteiger partial charge in [0.25, 0.3) is 0 Å². The number of aromatic nitrogens is 2. The molecule has 0 fully saturated rings. The third kappa shape index (κ3) is 4.65. The van der Waals surface area contributed by atoms with E-state index in [1.54, 1.807) is 0 Å². The predicted molar refractivity (Wildman–Crippen MR) is 94.2 cm³/mol. The van der Waals surface area contributed by atoms with Crippen LogP contribution in [-0.2, 0) is 19.8 Å². The van der Waals surface area contributed by atoms with Gasteiger partial charge in [-0.1, -0.05) is 6.92 Å². The standard InChI is InChI=1S/C18H24F3N3O3/c1-6-13(11-7-14(25-3)17(27-5)15(8-11)26-4)22-10-12-9-16(18(19,20)21)23-24(12)2/h7-9,13,22H,6,10H2,1-5H3. The maximum atomic E-state index is 12.8. The van der Waals surface area contributed by atoms with Gasteiger partial charge < -0.3 is 19.5 Å². The van der Waals surface area contributed by atoms with Gasteiger partial charge in [0.1, 0.15) is 0 Å². The van der Waals surface area contributed by atoms with E-state index in [0.717, 1.165) is 11.6 Å². The molecule has 1 heterocycles. The van der Waals surface area contributed by atoms with Crippen molar-refractivity contribution < 1.29 is 27.4 Å². The molecule has 1 atom stereocenters. The van der Waals surface area contributed by atoms with Crippen LogP contribution in [0.5, 0.6) is 17.2 Å². The van der Waals surface area contributed by atoms with Crippen molar-refractivity contribution in [2.75, 3.05) is 21.3 Å². The van der Waals surface area contributed by atoms with Crippen molar-refractivity contribution in [3.8, 4) is 17.2 Å². The van der Waals surface area contributed by atoms with Gasteiger partial charge in [-0.15, -0.1) is 0 Å². The van der Waals surface area contributed by atoms with E-state index in [4.69, 9.17) is 14.2 Å². The van der Waals surface area contributed by atoms with Crippen LogP contribution in [0, 0.1) is 0 Å². The highest BCUT2D eigenvalue weighted by Gasteiger charge is 2.34. The van der Waals surface area contributed by atoms with Gasteiger partial charge in [-0.3, -0.25) is 4.68 Å². The molecule has 0 saturated heterocycles. The number of halogens is 3. The molecule has 0 aliphatic carbocycles. The van der Waals surface area contributed by atoms with Gasteiger partial charge in [0.2, 0.25) is 5.75 Å². The van der Waals surface area contributed by atoms with Crippen LogP contribution in [0.25, 0.3) is 0 Å². The van der Waals surface area contributed by atoms with Crippen LogP contribution in [0.1, 0.15) is 36.3 Å². The van der Waals surface area contributed by atoms with Crippen molar-refractivity contribution in [1.29, 1.82) is 0 Å². The summed E-state index contributed by atoms with van der Waals surface area (Å²) >= 11 is 0. The van der Waals surface area contributed by atoms with Crippen molar-refractivity contribution in [3.63, 3.8) is 0 Å². The lowest BCUT2D eigenvalue weighted by Crippen LogP contribution is -2.22. The van der Waals surface area contributed by atoms with Crippen molar-refractivity contribution >= 4 is 0 Å². The number of rotatable bonds is 8. The second-order valence-electron chi connectivity index (χ2n) is 5.94. The number of methoxy groups -OCH3 is 3. The highest BCUT2D eigenvalue weighted by Crippen LogP contribution is 2.40. The number of nitrogens with one attached hydrogen (secondary N) is 1. The Balaban J connectivity index is 2.24. The molecule has 6 nitrogen and oxygen atoms in total. The highest BCUT2D eigenvalue weighted by molar-refractivity contribution is 5.54. The van der Waals surface area contributed by atoms with Crippen LogP contribution >= 0.6 is 0 Å². The number of nitrogens with zero attached hydrogens (tertiary/aromatic N) is 2. The largest absolute Gasteiger partial charge is 0.493 e. The molecular formula is C18H24F3N3O3. The number of hydrogen-bond donors (Lipinski definition) is 1. The summed E-state index contributed by atoms with van der Waals surface area (Å²) in [6.45, 7) is 2.21. The van der Waals surface area contributed by atoms with Gasteiger partial charge >= 0.3 is 6.18 Å². The third-order valence-electron chi connectivity index (χ3n) is 4.29. The Morgan fingerprint density at radius 2 is 1.67 bits per heavy atom. The van der Waals surface area contributed by atoms with E-state index in [1.807, 2.05) is 19.1 Å². The summed E-state index contributed by atoms with van der Waals surface area (Å²) in [7, 11) is 6.08. The molecule has 2 rings (SSSR count). The molecule has 1 N–H and O–H groups in total. The predicted octanol–water partition coefficient (Wildman–Crippen LogP) is 3.71. The van der Waals surface area contributed by atoms with Crippen molar-refractivity contribution in [3.05, 3.63) is 35.2 Å². The second-order valence-corrected chi connectivity index (χ2v) is 5.94. The van der Waals surface area contributed by atoms with E-state index in [1.165, 1.54) is 33.1 Å². The van der Waals surface area contributed by atoms with E-state index in [2.05, 4.69) is 10.4 Å². The molecule has 9 heteroatoms. The van der Waals surface area contributed by atoms with E-state index in [0.29, 0.717) is 29.4 Å². The zero-order valence-electron chi connectivity index (χ0n) is 16.0. The minimum Gasteiger partial charge on any atom is -0.493 e. The molecule has 0 radical (unpaired) electrons. The van der Waals surface area contributed by atoms with Crippen LogP contribution in [0.3, 0.4) is 0 Å². The van der Waals surface area contributed by atoms with Crippen LogP contribution in [-0.4, -0.2) is 31.1 Å². The lowest BCUT2D eigenvalue weighted by Gasteiger charge is -2.21. The number of alkyl halides is 3. The summed E-state index contributed by atoms with van der Waals surface area (Å²) in [5, 5.41) is 6.80. The van der Waals surface area contributed by atoms with E-state index in [9.17, 15) is 13.2 Å². The summed E-state index contributed by atoms with van der Waals surface area (Å²) in [4.78, 5) is 0. The molecule has 0 bridgehead atoms. The summed E-state index contributed by atoms with van der Waals surface area (Å²) in [6.07, 6.45) is -3.75. The first-order valence-corrected chi connectivity index (χ1v) is 8.38. The summed E-state index contributed by atoms with van der Waals surface area (Å²) in [5.74, 6) is 1.53. The maximum absolute atomic E-state index is 12.8. The Bertz CT molecular complexity index is 750. The van der Waals surface area contributed by atoms with E-state index < -0.39 is 11.9 Å². The topological polar surface area (TPSA) is 57.5 Å². The van der Waals surface area contributed by atoms with Crippen molar-refractivity contribution in [1.82, 2.24) is 15.1 Å². The SMILES string of the molecule is CCC(NCc1cc(C(F)(F)F)nn1C)c1cc(OC)c(OC)c(OC)c1. The Labute approximate surface area is 156 Å². The fourth-order valence-corrected chi connectivity index (χ4v) is 2.84. The lowest BCUT2D eigenvalue weighted by atomic mass is 10.0. The Morgan fingerprint density at radius 3 is 2.07 bits per heavy atom. The smallest absolute Gasteiger partial charge is 0.435 e. The number of aryl methyl sites for hydroxylation is 1. The number of ether oxygens (including phenoxy) is 3. The van der Waals surface area contributed by atoms with Crippen molar-refractivity contribution in [2.24, 2.45) is 7.05 Å². The summed E-state index contributed by atoms with van der Waals surface area (Å²) < 4.78 is 55.7. The van der Waals surface area contributed by atoms with E-state index in [-0.39, 0.29) is 12.6 Å². The van der Waals surface area contributed by atoms with Gasteiger partial charge in [-0.2, -0.15) is 18.3 Å². The van der Waals surface area contributed by atoms with Gasteiger partial charge in [-0.05, 0) is 30.2 Å². The molecule has 0 spiro atoms. The molecule has 1 aromatic carbocycles. The van der Waals surface area contributed by atoms with E-state index >= 15 is 0 Å². The minimum absolute atomic E-state index is 0.122. The first-order chi connectivity index (χ1) is 12.7. The van der Waals surface area contributed by atoms with Crippen LogP contribution in [0.2, 0.25) is 0 Å². The monoisotopic (exact) mass is 387 g/mol. The molecule has 27 heavy (non-hydrogen) atoms. The van der Waals surface area contributed by atoms with Crippen molar-refractivity contribution in [2.45, 2.75) is 32.1 Å². The maximum Gasteiger partial charge on any atom is 0.435 e. The van der Waals surface area contributed by atoms with Gasteiger partial charge in [0, 0.05) is 19.6 Å². The molecular weight excluding hydrogens is 363 g/mol. The van der Waals surface area contributed by atoms with Gasteiger partial charge in [-0.25, -0.2) is 0 Å². The Hall–Kier alpha value is -2.42. The zero-order valence-corrected chi connectivity index (χ0v) is 16.0. The average molecular weight is 387 g/mol. The molecule has 0 aliphatic rings. The second kappa shape index (κ2) is 8.51. The Morgan fingerprint density at radius 1 is 1.07 bits per heavy atom. The fraction of sp³-hybridized carbons (Fsp3) is 0.500. The number of hydrogen-bond acceptors (Lipinski definition) is 5. The zero-order chi connectivity index (χ0) is 20.2.